The van der Waals surface area contributed by atoms with Crippen LogP contribution in [-0.4, -0.2) is 12.6 Å². The maximum atomic E-state index is 10.9. The van der Waals surface area contributed by atoms with Crippen LogP contribution < -0.4 is 17.0 Å². The van der Waals surface area contributed by atoms with Crippen molar-refractivity contribution in [2.45, 2.75) is 13.8 Å². The minimum Gasteiger partial charge on any atom is -1.00 e. The molecule has 0 atom stereocenters. The molecule has 0 unspecified atom stereocenters. The van der Waals surface area contributed by atoms with Crippen molar-refractivity contribution in [3.05, 3.63) is 30.2 Å². The first kappa shape index (κ1) is 19.2. The summed E-state index contributed by atoms with van der Waals surface area (Å²) in [7, 11) is 0. The van der Waals surface area contributed by atoms with Crippen LogP contribution in [0.4, 0.5) is 0 Å². The zero-order valence-electron chi connectivity index (χ0n) is 8.34. The maximum Gasteiger partial charge on any atom is 0.333 e. The fourth-order valence-electron chi connectivity index (χ4n) is 0.554. The number of esters is 1. The molecule has 4 heteroatoms. The zero-order valence-corrected chi connectivity index (χ0v) is 12.9. The summed E-state index contributed by atoms with van der Waals surface area (Å²) in [5.74, 6) is 1.74. The normalized spacial score (nSPS) is 9.64. The monoisotopic (exact) mass is 306 g/mol. The van der Waals surface area contributed by atoms with Crippen LogP contribution in [0.25, 0.3) is 0 Å². The van der Waals surface area contributed by atoms with Gasteiger partial charge in [-0.15, -0.1) is 0 Å². The topological polar surface area (TPSA) is 26.3 Å². The first-order valence-corrected chi connectivity index (χ1v) is 3.65. The van der Waals surface area contributed by atoms with E-state index in [1.807, 2.05) is 0 Å². The van der Waals surface area contributed by atoms with E-state index in [2.05, 4.69) is 5.92 Å². The van der Waals surface area contributed by atoms with Crippen LogP contribution in [0.2, 0.25) is 0 Å². The Hall–Kier alpha value is -0.387. The molecule has 0 aromatic rings. The van der Waals surface area contributed by atoms with Gasteiger partial charge in [0.15, 0.2) is 0 Å². The molecule has 0 aromatic carbocycles. The SMILES string of the molecule is [Br-].[C]#C/C=C/C=C(\C)C(=O)OCC.[Zn]. The number of allylic oxidation sites excluding steroid dienone is 3. The van der Waals surface area contributed by atoms with Gasteiger partial charge in [0.1, 0.15) is 0 Å². The van der Waals surface area contributed by atoms with Gasteiger partial charge in [0, 0.05) is 25.1 Å². The van der Waals surface area contributed by atoms with Gasteiger partial charge in [-0.25, -0.2) is 4.79 Å². The first-order chi connectivity index (χ1) is 5.72. The number of hydrogen-bond donors (Lipinski definition) is 0. The Bertz CT molecular complexity index is 251. The van der Waals surface area contributed by atoms with Crippen molar-refractivity contribution in [2.75, 3.05) is 6.61 Å². The Kier molecular flexibility index (Phi) is 17.3. The molecule has 0 aliphatic carbocycles. The summed E-state index contributed by atoms with van der Waals surface area (Å²) >= 11 is 0. The van der Waals surface area contributed by atoms with Crippen molar-refractivity contribution in [3.8, 4) is 5.92 Å². The summed E-state index contributed by atoms with van der Waals surface area (Å²) in [6, 6.07) is 0. The second-order valence-electron chi connectivity index (χ2n) is 2.07. The summed E-state index contributed by atoms with van der Waals surface area (Å²) in [4.78, 5) is 10.9. The van der Waals surface area contributed by atoms with Crippen LogP contribution in [-0.2, 0) is 29.0 Å². The van der Waals surface area contributed by atoms with E-state index in [4.69, 9.17) is 11.2 Å². The minimum absolute atomic E-state index is 0. The molecule has 0 aromatic heterocycles. The predicted molar refractivity (Wildman–Crippen MR) is 46.7 cm³/mol. The van der Waals surface area contributed by atoms with E-state index in [0.29, 0.717) is 12.2 Å². The summed E-state index contributed by atoms with van der Waals surface area (Å²) in [6.45, 7) is 3.79. The smallest absolute Gasteiger partial charge is 0.333 e. The van der Waals surface area contributed by atoms with E-state index in [1.54, 1.807) is 26.0 Å². The predicted octanol–water partition coefficient (Wildman–Crippen LogP) is -1.36. The number of hydrogen-bond acceptors (Lipinski definition) is 2. The van der Waals surface area contributed by atoms with Crippen LogP contribution in [0, 0.1) is 12.3 Å². The van der Waals surface area contributed by atoms with Crippen molar-refractivity contribution < 1.29 is 46.0 Å². The molecule has 0 rings (SSSR count). The molecule has 0 fully saturated rings. The van der Waals surface area contributed by atoms with Crippen LogP contribution in [0.5, 0.6) is 0 Å². The van der Waals surface area contributed by atoms with Crippen molar-refractivity contribution in [2.24, 2.45) is 0 Å². The van der Waals surface area contributed by atoms with Gasteiger partial charge in [-0.05, 0) is 26.3 Å². The van der Waals surface area contributed by atoms with Gasteiger partial charge in [-0.1, -0.05) is 18.1 Å². The fraction of sp³-hybridized carbons (Fsp3) is 0.300. The van der Waals surface area contributed by atoms with Gasteiger partial charge in [-0.2, -0.15) is 0 Å². The number of halogens is 1. The average Bonchev–Trinajstić information content (AvgIpc) is 2.05. The van der Waals surface area contributed by atoms with E-state index < -0.39 is 0 Å². The van der Waals surface area contributed by atoms with E-state index in [0.717, 1.165) is 0 Å². The molecule has 0 aliphatic heterocycles. The fourth-order valence-corrected chi connectivity index (χ4v) is 0.554. The standard InChI is InChI=1S/C10H11O2.BrH.Zn/c1-4-6-7-8-9(3)10(11)12-5-2;;/h6-8H,5H2,2-3H3;1H;/p-1/b7-6+,9-8+;;. The van der Waals surface area contributed by atoms with Crippen molar-refractivity contribution in [3.63, 3.8) is 0 Å². The number of rotatable bonds is 3. The quantitative estimate of drug-likeness (QED) is 0.212. The Morgan fingerprint density at radius 3 is 2.57 bits per heavy atom. The van der Waals surface area contributed by atoms with Gasteiger partial charge in [0.05, 0.1) is 6.61 Å². The van der Waals surface area contributed by atoms with Crippen LogP contribution >= 0.6 is 0 Å². The van der Waals surface area contributed by atoms with Crippen LogP contribution in [0.15, 0.2) is 23.8 Å². The third-order valence-electron chi connectivity index (χ3n) is 1.12. The molecule has 73 valence electrons. The summed E-state index contributed by atoms with van der Waals surface area (Å²) in [5.41, 5.74) is 0.517. The Balaban J connectivity index is -0.000000605. The molecule has 0 N–H and O–H groups in total. The van der Waals surface area contributed by atoms with E-state index in [1.165, 1.54) is 6.08 Å². The van der Waals surface area contributed by atoms with Gasteiger partial charge in [0.2, 0.25) is 0 Å². The molecule has 0 saturated heterocycles. The van der Waals surface area contributed by atoms with Crippen molar-refractivity contribution in [1.82, 2.24) is 0 Å². The van der Waals surface area contributed by atoms with Gasteiger partial charge < -0.3 is 21.7 Å². The van der Waals surface area contributed by atoms with E-state index >= 15 is 0 Å². The second-order valence-corrected chi connectivity index (χ2v) is 2.07. The molecule has 0 spiro atoms. The molecule has 14 heavy (non-hydrogen) atoms. The zero-order chi connectivity index (χ0) is 9.40. The summed E-state index contributed by atoms with van der Waals surface area (Å²) in [5, 5.41) is 0. The number of carbonyl (C=O) groups is 1. The molecule has 0 saturated carbocycles. The van der Waals surface area contributed by atoms with Crippen LogP contribution in [0.3, 0.4) is 0 Å². The molecule has 1 radical (unpaired) electrons. The molecule has 0 amide bonds. The molecule has 0 heterocycles. The second kappa shape index (κ2) is 12.6. The minimum atomic E-state index is -0.327. The van der Waals surface area contributed by atoms with Crippen molar-refractivity contribution in [1.29, 1.82) is 0 Å². The summed E-state index contributed by atoms with van der Waals surface area (Å²) < 4.78 is 4.73. The van der Waals surface area contributed by atoms with Crippen LogP contribution in [0.1, 0.15) is 13.8 Å². The Labute approximate surface area is 108 Å². The molecule has 2 nitrogen and oxygen atoms in total. The maximum absolute atomic E-state index is 10.9. The third kappa shape index (κ3) is 9.70. The summed E-state index contributed by atoms with van der Waals surface area (Å²) in [6.07, 6.45) is 11.1. The average molecular weight is 308 g/mol. The largest absolute Gasteiger partial charge is 1.00 e. The Morgan fingerprint density at radius 1 is 1.57 bits per heavy atom. The van der Waals surface area contributed by atoms with Gasteiger partial charge in [-0.3, -0.25) is 0 Å². The molecule has 0 aliphatic rings. The van der Waals surface area contributed by atoms with E-state index in [-0.39, 0.29) is 42.4 Å². The van der Waals surface area contributed by atoms with Crippen molar-refractivity contribution >= 4 is 5.97 Å². The van der Waals surface area contributed by atoms with E-state index in [9.17, 15) is 4.79 Å². The number of ether oxygens (including phenoxy) is 1. The molecular weight excluding hydrogens is 297 g/mol. The molecular formula is C10H11BrO2Zn-. The number of carbonyl (C=O) groups excluding carboxylic acids is 1. The first-order valence-electron chi connectivity index (χ1n) is 3.65. The Morgan fingerprint density at radius 2 is 2.14 bits per heavy atom. The van der Waals surface area contributed by atoms with Gasteiger partial charge >= 0.3 is 5.97 Å². The third-order valence-corrected chi connectivity index (χ3v) is 1.12. The van der Waals surface area contributed by atoms with Gasteiger partial charge in [0.25, 0.3) is 0 Å². The molecule has 0 bridgehead atoms.